The lowest BCUT2D eigenvalue weighted by molar-refractivity contribution is 0.0968. The Labute approximate surface area is 776 Å². The topological polar surface area (TPSA) is 75.6 Å². The van der Waals surface area contributed by atoms with Gasteiger partial charge in [-0.15, -0.1) is 0 Å². The van der Waals surface area contributed by atoms with E-state index < -0.39 is 22.3 Å². The van der Waals surface area contributed by atoms with E-state index >= 15 is 0 Å². The molecule has 0 amide bonds. The number of rotatable bonds is 26. The molecule has 0 fully saturated rings. The smallest absolute Gasteiger partial charge is 0.133 e. The predicted octanol–water partition coefficient (Wildman–Crippen LogP) is 31.9. The van der Waals surface area contributed by atoms with Crippen molar-refractivity contribution in [2.24, 2.45) is 5.92 Å². The monoisotopic (exact) mass is 1720 g/mol. The molecule has 3 aliphatic rings. The maximum absolute atomic E-state index is 12.1. The largest absolute Gasteiger partial charge is 0.497 e. The van der Waals surface area contributed by atoms with Crippen molar-refractivity contribution in [2.75, 3.05) is 14.2 Å². The lowest BCUT2D eigenvalue weighted by Gasteiger charge is -2.34. The maximum Gasteiger partial charge on any atom is 0.133 e. The van der Waals surface area contributed by atoms with E-state index in [1.54, 1.807) is 14.2 Å². The van der Waals surface area contributed by atoms with Crippen molar-refractivity contribution in [1.82, 2.24) is 0 Å². The van der Waals surface area contributed by atoms with E-state index in [9.17, 15) is 5.11 Å². The molecule has 7 heteroatoms. The minimum Gasteiger partial charge on any atom is -0.497 e. The number of fused-ring (bicyclic) bond motifs is 9. The zero-order valence-electron chi connectivity index (χ0n) is 74.6. The Bertz CT molecular complexity index is 6930. The van der Waals surface area contributed by atoms with Crippen LogP contribution >= 0.6 is 0 Å². The van der Waals surface area contributed by atoms with Gasteiger partial charge >= 0.3 is 0 Å². The van der Waals surface area contributed by atoms with Gasteiger partial charge in [0.05, 0.1) is 36.6 Å². The first-order chi connectivity index (χ1) is 64.4. The molecule has 648 valence electrons. The average molecular weight is 1720 g/mol. The highest BCUT2D eigenvalue weighted by Gasteiger charge is 2.49. The van der Waals surface area contributed by atoms with E-state index in [4.69, 9.17) is 28.4 Å². The first kappa shape index (κ1) is 86.1. The van der Waals surface area contributed by atoms with Crippen molar-refractivity contribution in [3.05, 3.63) is 520 Å². The molecule has 3 aliphatic carbocycles. The molecule has 0 bridgehead atoms. The molecule has 18 aromatic rings. The summed E-state index contributed by atoms with van der Waals surface area (Å²) >= 11 is 0. The fraction of sp³-hybridized carbons (Fsp3) is 0.136. The second-order valence-corrected chi connectivity index (χ2v) is 34.7. The van der Waals surface area contributed by atoms with Crippen molar-refractivity contribution in [3.8, 4) is 119 Å². The lowest BCUT2D eigenvalue weighted by atomic mass is 9.68. The van der Waals surface area contributed by atoms with E-state index in [1.807, 2.05) is 30.3 Å². The molecule has 7 nitrogen and oxygen atoms in total. The van der Waals surface area contributed by atoms with Gasteiger partial charge in [-0.1, -0.05) is 373 Å². The fourth-order valence-corrected chi connectivity index (χ4v) is 20.5. The van der Waals surface area contributed by atoms with Crippen LogP contribution in [-0.4, -0.2) is 19.3 Å². The van der Waals surface area contributed by atoms with Crippen molar-refractivity contribution >= 4 is 0 Å². The molecular formula is C125H106O7. The van der Waals surface area contributed by atoms with Crippen molar-refractivity contribution in [3.63, 3.8) is 0 Å². The van der Waals surface area contributed by atoms with Crippen LogP contribution in [0.3, 0.4) is 0 Å². The van der Waals surface area contributed by atoms with Crippen molar-refractivity contribution in [2.45, 2.75) is 89.8 Å². The Morgan fingerprint density at radius 2 is 0.530 bits per heavy atom. The minimum atomic E-state index is -0.665. The molecule has 21 rings (SSSR count). The van der Waals surface area contributed by atoms with Gasteiger partial charge in [0.1, 0.15) is 58.4 Å². The van der Waals surface area contributed by atoms with E-state index in [1.165, 1.54) is 111 Å². The molecule has 18 aromatic carbocycles. The number of hydrogen-bond donors (Lipinski definition) is 1. The highest BCUT2D eigenvalue weighted by Crippen LogP contribution is 2.60. The molecule has 0 saturated carbocycles. The first-order valence-corrected chi connectivity index (χ1v) is 45.6. The molecule has 2 unspecified atom stereocenters. The third-order valence-corrected chi connectivity index (χ3v) is 27.2. The number of ether oxygens (including phenoxy) is 6. The summed E-state index contributed by atoms with van der Waals surface area (Å²) in [5.41, 5.74) is 31.6. The second-order valence-electron chi connectivity index (χ2n) is 34.7. The second kappa shape index (κ2) is 37.4. The van der Waals surface area contributed by atoms with Gasteiger partial charge in [-0.05, 0) is 274 Å². The van der Waals surface area contributed by atoms with Crippen LogP contribution < -0.4 is 28.4 Å². The average Bonchev–Trinajstić information content (AvgIpc) is 1.55. The molecule has 0 radical (unpaired) electrons. The normalized spacial score (nSPS) is 13.3. The number of aliphatic hydroxyl groups is 1. The van der Waals surface area contributed by atoms with Crippen LogP contribution in [0.25, 0.3) is 66.8 Å². The number of aliphatic hydroxyl groups excluding tert-OH is 1. The zero-order chi connectivity index (χ0) is 89.0. The minimum absolute atomic E-state index is 0. The van der Waals surface area contributed by atoms with Crippen molar-refractivity contribution in [1.29, 1.82) is 0 Å². The van der Waals surface area contributed by atoms with Gasteiger partial charge in [-0.3, -0.25) is 0 Å². The van der Waals surface area contributed by atoms with Crippen LogP contribution in [0.1, 0.15) is 142 Å². The highest BCUT2D eigenvalue weighted by atomic mass is 16.5. The van der Waals surface area contributed by atoms with Crippen LogP contribution in [0.5, 0.6) is 51.7 Å². The zero-order valence-corrected chi connectivity index (χ0v) is 74.6. The Kier molecular flexibility index (Phi) is 24.4. The number of methoxy groups -OCH3 is 2. The van der Waals surface area contributed by atoms with Gasteiger partial charge in [-0.25, -0.2) is 0 Å². The summed E-state index contributed by atoms with van der Waals surface area (Å²) in [6.45, 7) is 9.02. The summed E-state index contributed by atoms with van der Waals surface area (Å²) in [6.07, 6.45) is 3.33. The van der Waals surface area contributed by atoms with E-state index in [-0.39, 0.29) is 13.3 Å². The maximum atomic E-state index is 12.1. The molecule has 0 aliphatic heterocycles. The summed E-state index contributed by atoms with van der Waals surface area (Å²) in [7, 11) is 3.42. The third kappa shape index (κ3) is 16.0. The van der Waals surface area contributed by atoms with Gasteiger partial charge < -0.3 is 33.5 Å². The van der Waals surface area contributed by atoms with Gasteiger partial charge in [0, 0.05) is 5.56 Å². The quantitative estimate of drug-likeness (QED) is 0.0579. The number of unbranched alkanes of at least 4 members (excludes halogenated alkanes) is 1. The Morgan fingerprint density at radius 3 is 0.833 bits per heavy atom. The summed E-state index contributed by atoms with van der Waals surface area (Å²) in [4.78, 5) is 0. The van der Waals surface area contributed by atoms with Gasteiger partial charge in [0.2, 0.25) is 0 Å². The number of hydrogen-bond acceptors (Lipinski definition) is 7. The summed E-state index contributed by atoms with van der Waals surface area (Å²) in [5, 5.41) is 12.1. The first-order valence-electron chi connectivity index (χ1n) is 45.6. The molecule has 0 heterocycles. The van der Waals surface area contributed by atoms with Crippen LogP contribution in [-0.2, 0) is 22.9 Å². The SMILES string of the molecule is C.CCCCC(CC)C(O)c1cc(-c2ccc(C)cc2)ccc1Oc1ccc(C2(c3ccc(OCc4ccc(-c5ccc(Oc6ccc(C7(c8ccc(OC)cc8)c8ccccc8-c8ccccc87)cc6)cc5)cc4)cc3)c3ccccc3-c3ccccc32)cc1.COc1ccc(C2(c3ccc(Oc4ccc(-c5ccc(C)cc5)cc4)cc3)c3ccccc3-c3ccccc32)cc1. The lowest BCUT2D eigenvalue weighted by Crippen LogP contribution is -2.28. The fourth-order valence-electron chi connectivity index (χ4n) is 20.5. The highest BCUT2D eigenvalue weighted by molar-refractivity contribution is 5.90. The third-order valence-electron chi connectivity index (χ3n) is 27.2. The molecule has 0 saturated heterocycles. The van der Waals surface area contributed by atoms with Crippen LogP contribution in [0.4, 0.5) is 0 Å². The molecule has 1 N–H and O–H groups in total. The van der Waals surface area contributed by atoms with Gasteiger partial charge in [0.25, 0.3) is 0 Å². The Balaban J connectivity index is 0.000000223. The summed E-state index contributed by atoms with van der Waals surface area (Å²) < 4.78 is 37.2. The number of aryl methyl sites for hydroxylation is 2. The summed E-state index contributed by atoms with van der Waals surface area (Å²) in [5.74, 6) is 7.14. The Morgan fingerprint density at radius 1 is 0.273 bits per heavy atom. The molecular weight excluding hydrogens is 1610 g/mol. The molecule has 132 heavy (non-hydrogen) atoms. The predicted molar refractivity (Wildman–Crippen MR) is 539 cm³/mol. The molecule has 2 atom stereocenters. The van der Waals surface area contributed by atoms with Crippen LogP contribution in [0.15, 0.2) is 431 Å². The van der Waals surface area contributed by atoms with E-state index in [0.717, 1.165) is 110 Å². The number of benzene rings is 18. The Hall–Kier alpha value is -15.3. The van der Waals surface area contributed by atoms with Gasteiger partial charge in [-0.2, -0.15) is 0 Å². The van der Waals surface area contributed by atoms with Crippen molar-refractivity contribution < 1.29 is 33.5 Å². The summed E-state index contributed by atoms with van der Waals surface area (Å²) in [6, 6.07) is 153. The van der Waals surface area contributed by atoms with E-state index in [2.05, 4.69) is 428 Å². The molecule has 0 spiro atoms. The molecule has 0 aromatic heterocycles. The van der Waals surface area contributed by atoms with Crippen LogP contribution in [0.2, 0.25) is 0 Å². The van der Waals surface area contributed by atoms with Gasteiger partial charge in [0.15, 0.2) is 0 Å². The standard InChI is InChI=1S/C85H72O5.C39H30O2.CH4/c1-5-7-16-59(6-2)83(86)77-55-63(62-29-25-57(3)26-30-62)35-54-82(77)90-72-52-42-67(43-53-72)85(80-23-14-10-19-75(80)76-20-11-15-24-81(76)85)65-38-48-69(49-39-65)88-56-58-27-31-60(32-28-58)61-33-44-70(45-34-61)89-71-50-40-66(41-51-71)84(64-36-46-68(87-4)47-37-64)78-21-12-8-17-73(78)74-18-9-13-22-79(74)84;1-27-11-13-28(14-12-27)29-15-21-33(22-16-29)41-34-25-19-31(20-26-34)39(30-17-23-32(40-2)24-18-30)37-9-5-3-7-35(37)36-8-4-6-10-38(36)39;/h8-15,17-55,59,83,86H,5-7,16,56H2,1-4H3;3-26H,1-2H3;1H4. The van der Waals surface area contributed by atoms with E-state index in [0.29, 0.717) is 18.1 Å². The van der Waals surface area contributed by atoms with Crippen LogP contribution in [0, 0.1) is 19.8 Å².